The molecule has 5 nitrogen and oxygen atoms in total. The molecule has 0 radical (unpaired) electrons. The van der Waals surface area contributed by atoms with Crippen molar-refractivity contribution in [2.45, 2.75) is 53.5 Å². The van der Waals surface area contributed by atoms with Gasteiger partial charge in [0, 0.05) is 24.2 Å². The summed E-state index contributed by atoms with van der Waals surface area (Å²) < 4.78 is 0. The smallest absolute Gasteiger partial charge is 0.293 e. The molecule has 0 aromatic carbocycles. The van der Waals surface area contributed by atoms with Gasteiger partial charge in [-0.05, 0) is 31.4 Å². The van der Waals surface area contributed by atoms with E-state index in [-0.39, 0.29) is 22.1 Å². The third kappa shape index (κ3) is 4.27. The van der Waals surface area contributed by atoms with Gasteiger partial charge in [0.05, 0.1) is 4.92 Å². The topological polar surface area (TPSA) is 68.1 Å². The Labute approximate surface area is 121 Å². The van der Waals surface area contributed by atoms with Gasteiger partial charge in [-0.15, -0.1) is 0 Å². The van der Waals surface area contributed by atoms with Crippen molar-refractivity contribution in [3.8, 4) is 0 Å². The Kier molecular flexibility index (Phi) is 5.62. The van der Waals surface area contributed by atoms with E-state index < -0.39 is 0 Å². The number of aromatic nitrogens is 1. The van der Waals surface area contributed by atoms with Crippen molar-refractivity contribution in [2.24, 2.45) is 5.41 Å². The van der Waals surface area contributed by atoms with E-state index in [2.05, 4.69) is 38.0 Å². The second-order valence-electron chi connectivity index (χ2n) is 6.26. The van der Waals surface area contributed by atoms with E-state index in [9.17, 15) is 10.1 Å². The van der Waals surface area contributed by atoms with Crippen molar-refractivity contribution in [1.82, 2.24) is 10.3 Å². The number of hydrogen-bond acceptors (Lipinski definition) is 4. The summed E-state index contributed by atoms with van der Waals surface area (Å²) in [5, 5.41) is 14.7. The summed E-state index contributed by atoms with van der Waals surface area (Å²) in [6.07, 6.45) is 3.26. The van der Waals surface area contributed by atoms with E-state index >= 15 is 0 Å². The zero-order valence-electron chi connectivity index (χ0n) is 13.1. The Hall–Kier alpha value is -1.49. The third-order valence-electron chi connectivity index (χ3n) is 3.47. The van der Waals surface area contributed by atoms with E-state index in [1.807, 2.05) is 0 Å². The summed E-state index contributed by atoms with van der Waals surface area (Å²) in [6, 6.07) is 1.85. The molecule has 0 aliphatic rings. The lowest BCUT2D eigenvalue weighted by Gasteiger charge is -2.31. The lowest BCUT2D eigenvalue weighted by Crippen LogP contribution is -2.42. The molecule has 112 valence electrons. The summed E-state index contributed by atoms with van der Waals surface area (Å²) in [5.41, 5.74) is 1.41. The average Bonchev–Trinajstić information content (AvgIpc) is 2.32. The quantitative estimate of drug-likeness (QED) is 0.641. The molecular formula is C15H25N3O2. The molecular weight excluding hydrogens is 254 g/mol. The average molecular weight is 279 g/mol. The van der Waals surface area contributed by atoms with Crippen LogP contribution in [0.5, 0.6) is 0 Å². The van der Waals surface area contributed by atoms with Gasteiger partial charge in [0.1, 0.15) is 5.69 Å². The van der Waals surface area contributed by atoms with Crippen LogP contribution in [0.3, 0.4) is 0 Å². The second kappa shape index (κ2) is 6.79. The predicted octanol–water partition coefficient (Wildman–Crippen LogP) is 3.26. The number of nitrogens with zero attached hydrogens (tertiary/aromatic N) is 2. The maximum atomic E-state index is 11.2. The highest BCUT2D eigenvalue weighted by Gasteiger charge is 2.28. The molecule has 0 bridgehead atoms. The number of nitro groups is 1. The van der Waals surface area contributed by atoms with E-state index in [1.54, 1.807) is 19.2 Å². The van der Waals surface area contributed by atoms with E-state index in [0.29, 0.717) is 17.7 Å². The molecule has 0 fully saturated rings. The van der Waals surface area contributed by atoms with Crippen LogP contribution in [0.1, 0.15) is 45.4 Å². The Bertz CT molecular complexity index is 467. The highest BCUT2D eigenvalue weighted by Crippen LogP contribution is 2.27. The fraction of sp³-hybridized carbons (Fsp3) is 0.667. The third-order valence-corrected chi connectivity index (χ3v) is 3.47. The molecule has 0 aliphatic heterocycles. The molecule has 0 saturated heterocycles. The van der Waals surface area contributed by atoms with Gasteiger partial charge in [0.2, 0.25) is 0 Å². The maximum absolute atomic E-state index is 11.2. The minimum absolute atomic E-state index is 0.0223. The van der Waals surface area contributed by atoms with Gasteiger partial charge in [-0.3, -0.25) is 15.1 Å². The van der Waals surface area contributed by atoms with Crippen LogP contribution in [0.25, 0.3) is 0 Å². The number of hydrogen-bond donors (Lipinski definition) is 1. The van der Waals surface area contributed by atoms with Gasteiger partial charge in [-0.1, -0.05) is 27.7 Å². The molecule has 1 atom stereocenters. The Morgan fingerprint density at radius 1 is 1.45 bits per heavy atom. The van der Waals surface area contributed by atoms with Crippen molar-refractivity contribution in [3.63, 3.8) is 0 Å². The molecule has 0 amide bonds. The van der Waals surface area contributed by atoms with Gasteiger partial charge < -0.3 is 5.32 Å². The van der Waals surface area contributed by atoms with Crippen LogP contribution in [0.4, 0.5) is 5.69 Å². The molecule has 20 heavy (non-hydrogen) atoms. The van der Waals surface area contributed by atoms with Crippen molar-refractivity contribution >= 4 is 5.69 Å². The van der Waals surface area contributed by atoms with Gasteiger partial charge >= 0.3 is 0 Å². The molecule has 1 heterocycles. The van der Waals surface area contributed by atoms with E-state index in [1.165, 1.54) is 0 Å². The van der Waals surface area contributed by atoms with Crippen LogP contribution in [0, 0.1) is 22.5 Å². The van der Waals surface area contributed by atoms with Gasteiger partial charge in [0.25, 0.3) is 5.69 Å². The van der Waals surface area contributed by atoms with Crippen molar-refractivity contribution in [3.05, 3.63) is 33.6 Å². The first kappa shape index (κ1) is 16.6. The Balaban J connectivity index is 3.05. The first-order valence-electron chi connectivity index (χ1n) is 7.09. The van der Waals surface area contributed by atoms with Gasteiger partial charge in [-0.25, -0.2) is 0 Å². The molecule has 1 aromatic rings. The first-order valence-corrected chi connectivity index (χ1v) is 7.09. The molecule has 0 saturated carbocycles. The molecule has 1 rings (SSSR count). The van der Waals surface area contributed by atoms with Crippen molar-refractivity contribution < 1.29 is 4.92 Å². The monoisotopic (exact) mass is 279 g/mol. The maximum Gasteiger partial charge on any atom is 0.293 e. The van der Waals surface area contributed by atoms with Crippen molar-refractivity contribution in [2.75, 3.05) is 6.54 Å². The highest BCUT2D eigenvalue weighted by molar-refractivity contribution is 5.43. The van der Waals surface area contributed by atoms with Crippen molar-refractivity contribution in [1.29, 1.82) is 0 Å². The Morgan fingerprint density at radius 2 is 2.10 bits per heavy atom. The summed E-state index contributed by atoms with van der Waals surface area (Å²) in [4.78, 5) is 15.2. The minimum atomic E-state index is -0.322. The highest BCUT2D eigenvalue weighted by atomic mass is 16.6. The predicted molar refractivity (Wildman–Crippen MR) is 80.9 cm³/mol. The molecule has 0 aliphatic carbocycles. The summed E-state index contributed by atoms with van der Waals surface area (Å²) in [6.45, 7) is 11.2. The lowest BCUT2D eigenvalue weighted by atomic mass is 9.83. The van der Waals surface area contributed by atoms with Crippen LogP contribution in [-0.4, -0.2) is 22.5 Å². The molecule has 0 spiro atoms. The summed E-state index contributed by atoms with van der Waals surface area (Å²) in [7, 11) is 0. The van der Waals surface area contributed by atoms with Gasteiger partial charge in [-0.2, -0.15) is 0 Å². The first-order chi connectivity index (χ1) is 9.27. The number of rotatable bonds is 6. The van der Waals surface area contributed by atoms with Crippen LogP contribution in [0.15, 0.2) is 12.3 Å². The molecule has 1 unspecified atom stereocenters. The van der Waals surface area contributed by atoms with E-state index in [4.69, 9.17) is 0 Å². The lowest BCUT2D eigenvalue weighted by molar-refractivity contribution is -0.386. The fourth-order valence-electron chi connectivity index (χ4n) is 2.20. The van der Waals surface area contributed by atoms with Crippen LogP contribution >= 0.6 is 0 Å². The number of pyridine rings is 1. The largest absolute Gasteiger partial charge is 0.313 e. The Morgan fingerprint density at radius 3 is 2.60 bits per heavy atom. The zero-order chi connectivity index (χ0) is 15.3. The summed E-state index contributed by atoms with van der Waals surface area (Å²) >= 11 is 0. The summed E-state index contributed by atoms with van der Waals surface area (Å²) in [5.74, 6) is 0. The molecule has 1 aromatic heterocycles. The molecule has 1 N–H and O–H groups in total. The molecule has 5 heteroatoms. The fourth-order valence-corrected chi connectivity index (χ4v) is 2.20. The zero-order valence-corrected chi connectivity index (χ0v) is 13.1. The second-order valence-corrected chi connectivity index (χ2v) is 6.26. The van der Waals surface area contributed by atoms with Crippen LogP contribution in [-0.2, 0) is 6.42 Å². The van der Waals surface area contributed by atoms with Crippen LogP contribution < -0.4 is 5.32 Å². The standard InChI is InChI=1S/C15H25N3O2/c1-6-8-17-13(15(3,4)5)10-12-14(18(19)20)11(2)7-9-16-12/h7,9,13,17H,6,8,10H2,1-5H3. The SMILES string of the molecule is CCCNC(Cc1nccc(C)c1[N+](=O)[O-])C(C)(C)C. The van der Waals surface area contributed by atoms with E-state index in [0.717, 1.165) is 13.0 Å². The number of nitrogens with one attached hydrogen (secondary N) is 1. The number of aryl methyl sites for hydroxylation is 1. The van der Waals surface area contributed by atoms with Crippen LogP contribution in [0.2, 0.25) is 0 Å². The van der Waals surface area contributed by atoms with Gasteiger partial charge in [0.15, 0.2) is 0 Å². The normalized spacial score (nSPS) is 13.2. The minimum Gasteiger partial charge on any atom is -0.313 e.